The summed E-state index contributed by atoms with van der Waals surface area (Å²) in [6.45, 7) is 0.523. The Labute approximate surface area is 155 Å². The van der Waals surface area contributed by atoms with Gasteiger partial charge in [0, 0.05) is 5.56 Å². The molecule has 3 nitrogen and oxygen atoms in total. The predicted octanol–water partition coefficient (Wildman–Crippen LogP) is 6.12. The number of hydrogen-bond donors (Lipinski definition) is 1. The molecule has 25 heavy (non-hydrogen) atoms. The van der Waals surface area contributed by atoms with Gasteiger partial charge in [-0.2, -0.15) is 0 Å². The monoisotopic (exact) mass is 368 g/mol. The van der Waals surface area contributed by atoms with Crippen LogP contribution in [0.4, 0.5) is 0 Å². The van der Waals surface area contributed by atoms with E-state index in [4.69, 9.17) is 27.9 Å². The average molecular weight is 369 g/mol. The topological polar surface area (TPSA) is 37.9 Å². The third-order valence-electron chi connectivity index (χ3n) is 3.88. The van der Waals surface area contributed by atoms with Crippen LogP contribution in [0.5, 0.6) is 5.75 Å². The summed E-state index contributed by atoms with van der Waals surface area (Å²) < 4.78 is 5.88. The van der Waals surface area contributed by atoms with Crippen LogP contribution in [0, 0.1) is 0 Å². The lowest BCUT2D eigenvalue weighted by Crippen LogP contribution is -1.95. The van der Waals surface area contributed by atoms with Crippen LogP contribution in [0.15, 0.2) is 66.7 Å². The van der Waals surface area contributed by atoms with Crippen molar-refractivity contribution in [2.24, 2.45) is 0 Å². The number of H-pyrrole nitrogens is 1. The molecule has 0 radical (unpaired) electrons. The molecule has 0 aliphatic heterocycles. The van der Waals surface area contributed by atoms with Crippen molar-refractivity contribution < 1.29 is 4.74 Å². The molecule has 1 N–H and O–H groups in total. The summed E-state index contributed by atoms with van der Waals surface area (Å²) in [6, 6.07) is 21.4. The van der Waals surface area contributed by atoms with E-state index < -0.39 is 0 Å². The van der Waals surface area contributed by atoms with Crippen LogP contribution in [0.25, 0.3) is 22.4 Å². The third kappa shape index (κ3) is 3.48. The highest BCUT2D eigenvalue weighted by molar-refractivity contribution is 6.42. The Morgan fingerprint density at radius 1 is 0.880 bits per heavy atom. The third-order valence-corrected chi connectivity index (χ3v) is 4.60. The zero-order chi connectivity index (χ0) is 17.2. The second-order valence-electron chi connectivity index (χ2n) is 5.67. The van der Waals surface area contributed by atoms with Crippen molar-refractivity contribution in [3.63, 3.8) is 0 Å². The van der Waals surface area contributed by atoms with E-state index in [2.05, 4.69) is 9.97 Å². The first-order valence-corrected chi connectivity index (χ1v) is 8.56. The van der Waals surface area contributed by atoms with Gasteiger partial charge in [-0.1, -0.05) is 65.7 Å². The molecule has 0 aliphatic rings. The lowest BCUT2D eigenvalue weighted by Gasteiger charge is -2.07. The quantitative estimate of drug-likeness (QED) is 0.471. The molecule has 0 saturated heterocycles. The molecule has 3 aromatic carbocycles. The summed E-state index contributed by atoms with van der Waals surface area (Å²) in [7, 11) is 0. The van der Waals surface area contributed by atoms with Crippen molar-refractivity contribution in [2.75, 3.05) is 0 Å². The first kappa shape index (κ1) is 16.0. The summed E-state index contributed by atoms with van der Waals surface area (Å²) in [6.07, 6.45) is 0. The SMILES string of the molecule is Clc1cc2nc(-c3cccc(OCc4ccccc4)c3)[nH]c2cc1Cl. The Hall–Kier alpha value is -2.49. The van der Waals surface area contributed by atoms with E-state index in [1.807, 2.05) is 54.6 Å². The van der Waals surface area contributed by atoms with Crippen molar-refractivity contribution in [3.05, 3.63) is 82.3 Å². The molecule has 0 bridgehead atoms. The van der Waals surface area contributed by atoms with Gasteiger partial charge in [0.1, 0.15) is 18.2 Å². The fraction of sp³-hybridized carbons (Fsp3) is 0.0500. The molecule has 1 aromatic heterocycles. The molecule has 0 spiro atoms. The molecule has 1 heterocycles. The minimum atomic E-state index is 0.493. The van der Waals surface area contributed by atoms with Gasteiger partial charge in [0.2, 0.25) is 0 Å². The molecule has 4 aromatic rings. The van der Waals surface area contributed by atoms with Crippen LogP contribution >= 0.6 is 23.2 Å². The van der Waals surface area contributed by atoms with Crippen LogP contribution in [-0.2, 0) is 6.61 Å². The van der Waals surface area contributed by atoms with Gasteiger partial charge < -0.3 is 9.72 Å². The molecule has 124 valence electrons. The zero-order valence-electron chi connectivity index (χ0n) is 13.2. The van der Waals surface area contributed by atoms with Crippen LogP contribution < -0.4 is 4.74 Å². The Bertz CT molecular complexity index is 989. The Morgan fingerprint density at radius 2 is 1.68 bits per heavy atom. The minimum absolute atomic E-state index is 0.493. The molecule has 0 amide bonds. The lowest BCUT2D eigenvalue weighted by molar-refractivity contribution is 0.306. The number of nitrogens with zero attached hydrogens (tertiary/aromatic N) is 1. The number of aromatic amines is 1. The van der Waals surface area contributed by atoms with E-state index in [0.29, 0.717) is 16.7 Å². The Morgan fingerprint density at radius 3 is 2.52 bits per heavy atom. The standard InChI is InChI=1S/C20H14Cl2N2O/c21-16-10-18-19(11-17(16)22)24-20(23-18)14-7-4-8-15(9-14)25-12-13-5-2-1-3-6-13/h1-11H,12H2,(H,23,24). The molecular formula is C20H14Cl2N2O. The van der Waals surface area contributed by atoms with Crippen LogP contribution in [0.3, 0.4) is 0 Å². The van der Waals surface area contributed by atoms with E-state index in [-0.39, 0.29) is 0 Å². The van der Waals surface area contributed by atoms with Crippen molar-refractivity contribution in [1.82, 2.24) is 9.97 Å². The maximum absolute atomic E-state index is 6.07. The summed E-state index contributed by atoms with van der Waals surface area (Å²) in [5.41, 5.74) is 3.69. The van der Waals surface area contributed by atoms with Crippen molar-refractivity contribution >= 4 is 34.2 Å². The number of halogens is 2. The van der Waals surface area contributed by atoms with Crippen molar-refractivity contribution in [2.45, 2.75) is 6.61 Å². The summed E-state index contributed by atoms with van der Waals surface area (Å²) in [4.78, 5) is 7.86. The van der Waals surface area contributed by atoms with E-state index in [9.17, 15) is 0 Å². The first-order chi connectivity index (χ1) is 12.2. The van der Waals surface area contributed by atoms with Gasteiger partial charge in [-0.05, 0) is 29.8 Å². The fourth-order valence-electron chi connectivity index (χ4n) is 2.62. The van der Waals surface area contributed by atoms with Gasteiger partial charge in [-0.15, -0.1) is 0 Å². The number of benzene rings is 3. The lowest BCUT2D eigenvalue weighted by atomic mass is 10.2. The van der Waals surface area contributed by atoms with E-state index in [1.165, 1.54) is 0 Å². The molecule has 5 heteroatoms. The molecule has 0 aliphatic carbocycles. The number of aromatic nitrogens is 2. The number of hydrogen-bond acceptors (Lipinski definition) is 2. The molecular weight excluding hydrogens is 355 g/mol. The summed E-state index contributed by atoms with van der Waals surface area (Å²) in [5, 5.41) is 0.997. The molecule has 4 rings (SSSR count). The molecule has 0 unspecified atom stereocenters. The maximum atomic E-state index is 6.07. The molecule has 0 fully saturated rings. The van der Waals surface area contributed by atoms with Crippen LogP contribution in [-0.4, -0.2) is 9.97 Å². The van der Waals surface area contributed by atoms with Crippen molar-refractivity contribution in [1.29, 1.82) is 0 Å². The Balaban J connectivity index is 1.60. The van der Waals surface area contributed by atoms with E-state index in [1.54, 1.807) is 12.1 Å². The first-order valence-electron chi connectivity index (χ1n) is 7.81. The van der Waals surface area contributed by atoms with Crippen LogP contribution in [0.1, 0.15) is 5.56 Å². The number of fused-ring (bicyclic) bond motifs is 1. The molecule has 0 saturated carbocycles. The highest BCUT2D eigenvalue weighted by atomic mass is 35.5. The van der Waals surface area contributed by atoms with Gasteiger partial charge in [0.05, 0.1) is 21.1 Å². The summed E-state index contributed by atoms with van der Waals surface area (Å²) >= 11 is 12.1. The largest absolute Gasteiger partial charge is 0.489 e. The fourth-order valence-corrected chi connectivity index (χ4v) is 2.94. The van der Waals surface area contributed by atoms with Gasteiger partial charge in [0.25, 0.3) is 0 Å². The second kappa shape index (κ2) is 6.79. The number of ether oxygens (including phenoxy) is 1. The summed E-state index contributed by atoms with van der Waals surface area (Å²) in [5.74, 6) is 1.54. The van der Waals surface area contributed by atoms with Gasteiger partial charge >= 0.3 is 0 Å². The van der Waals surface area contributed by atoms with Crippen LogP contribution in [0.2, 0.25) is 10.0 Å². The number of rotatable bonds is 4. The smallest absolute Gasteiger partial charge is 0.138 e. The number of imidazole rings is 1. The minimum Gasteiger partial charge on any atom is -0.489 e. The number of nitrogens with one attached hydrogen (secondary N) is 1. The zero-order valence-corrected chi connectivity index (χ0v) is 14.7. The predicted molar refractivity (Wildman–Crippen MR) is 102 cm³/mol. The average Bonchev–Trinajstić information content (AvgIpc) is 3.04. The van der Waals surface area contributed by atoms with Gasteiger partial charge in [0.15, 0.2) is 0 Å². The normalized spacial score (nSPS) is 11.0. The van der Waals surface area contributed by atoms with E-state index >= 15 is 0 Å². The van der Waals surface area contributed by atoms with Crippen molar-refractivity contribution in [3.8, 4) is 17.1 Å². The second-order valence-corrected chi connectivity index (χ2v) is 6.49. The van der Waals surface area contributed by atoms with Gasteiger partial charge in [-0.25, -0.2) is 4.98 Å². The van der Waals surface area contributed by atoms with Gasteiger partial charge in [-0.3, -0.25) is 0 Å². The Kier molecular flexibility index (Phi) is 4.35. The van der Waals surface area contributed by atoms with E-state index in [0.717, 1.165) is 33.7 Å². The highest BCUT2D eigenvalue weighted by Gasteiger charge is 2.09. The maximum Gasteiger partial charge on any atom is 0.138 e. The molecule has 0 atom stereocenters. The highest BCUT2D eigenvalue weighted by Crippen LogP contribution is 2.29.